The molecule has 0 saturated carbocycles. The van der Waals surface area contributed by atoms with Crippen LogP contribution in [-0.4, -0.2) is 20.9 Å². The van der Waals surface area contributed by atoms with Gasteiger partial charge in [0.05, 0.1) is 33.8 Å². The number of hydrogen-bond acceptors (Lipinski definition) is 5. The Morgan fingerprint density at radius 2 is 2.04 bits per heavy atom. The Bertz CT molecular complexity index is 970. The van der Waals surface area contributed by atoms with Gasteiger partial charge >= 0.3 is 0 Å². The van der Waals surface area contributed by atoms with Crippen molar-refractivity contribution in [2.75, 3.05) is 21.9 Å². The number of amides is 1. The molecule has 0 unspecified atom stereocenters. The van der Waals surface area contributed by atoms with Gasteiger partial charge in [0.2, 0.25) is 5.91 Å². The lowest BCUT2D eigenvalue weighted by atomic mass is 10.2. The van der Waals surface area contributed by atoms with E-state index in [2.05, 4.69) is 5.32 Å². The summed E-state index contributed by atoms with van der Waals surface area (Å²) >= 11 is 5.95. The minimum atomic E-state index is -3.98. The van der Waals surface area contributed by atoms with Crippen molar-refractivity contribution in [1.29, 1.82) is 5.26 Å². The topological polar surface area (TPSA) is 116 Å². The predicted molar refractivity (Wildman–Crippen MR) is 101 cm³/mol. The quantitative estimate of drug-likeness (QED) is 0.733. The molecule has 26 heavy (non-hydrogen) atoms. The third kappa shape index (κ3) is 4.45. The van der Waals surface area contributed by atoms with E-state index < -0.39 is 10.0 Å². The Kier molecular flexibility index (Phi) is 6.08. The molecule has 0 heterocycles. The molecule has 0 spiro atoms. The number of nitrogens with one attached hydrogen (secondary N) is 1. The van der Waals surface area contributed by atoms with E-state index in [0.717, 1.165) is 4.31 Å². The molecule has 0 aliphatic carbocycles. The zero-order valence-electron chi connectivity index (χ0n) is 13.9. The molecule has 0 radical (unpaired) electrons. The summed E-state index contributed by atoms with van der Waals surface area (Å²) in [7, 11) is -3.98. The molecular formula is C17H17ClN4O3S. The number of halogens is 1. The molecule has 0 aliphatic heterocycles. The highest BCUT2D eigenvalue weighted by Crippen LogP contribution is 2.29. The van der Waals surface area contributed by atoms with Gasteiger partial charge in [-0.05, 0) is 36.4 Å². The standard InChI is InChI=1S/C17H17ClN4O3S/c1-12(23)21-13-4-2-5-14(10-13)22(9-3-8-19)26(24,25)15-6-7-17(20)16(18)11-15/h2,4-7,10-11H,3,9,20H2,1H3,(H,21,23). The highest BCUT2D eigenvalue weighted by molar-refractivity contribution is 7.92. The minimum absolute atomic E-state index is 0.00764. The lowest BCUT2D eigenvalue weighted by molar-refractivity contribution is -0.114. The van der Waals surface area contributed by atoms with E-state index in [1.807, 2.05) is 6.07 Å². The summed E-state index contributed by atoms with van der Waals surface area (Å²) in [6.45, 7) is 1.30. The molecule has 1 amide bonds. The Balaban J connectivity index is 2.51. The van der Waals surface area contributed by atoms with E-state index in [-0.39, 0.29) is 34.5 Å². The van der Waals surface area contributed by atoms with Crippen LogP contribution in [0.3, 0.4) is 0 Å². The Morgan fingerprint density at radius 3 is 2.65 bits per heavy atom. The van der Waals surface area contributed by atoms with Gasteiger partial charge in [0, 0.05) is 19.2 Å². The first-order chi connectivity index (χ1) is 12.3. The van der Waals surface area contributed by atoms with Gasteiger partial charge in [-0.2, -0.15) is 5.26 Å². The average molecular weight is 393 g/mol. The van der Waals surface area contributed by atoms with Crippen LogP contribution in [0.5, 0.6) is 0 Å². The molecule has 0 fully saturated rings. The van der Waals surface area contributed by atoms with Crippen LogP contribution in [0.1, 0.15) is 13.3 Å². The fraction of sp³-hybridized carbons (Fsp3) is 0.176. The second-order valence-corrected chi connectivity index (χ2v) is 7.67. The lowest BCUT2D eigenvalue weighted by Crippen LogP contribution is -2.32. The van der Waals surface area contributed by atoms with Gasteiger partial charge in [-0.1, -0.05) is 17.7 Å². The zero-order chi connectivity index (χ0) is 19.3. The van der Waals surface area contributed by atoms with Crippen molar-refractivity contribution in [3.05, 3.63) is 47.5 Å². The Labute approximate surface area is 157 Å². The maximum Gasteiger partial charge on any atom is 0.264 e. The number of nitriles is 1. The van der Waals surface area contributed by atoms with E-state index in [1.54, 1.807) is 18.2 Å². The van der Waals surface area contributed by atoms with E-state index in [9.17, 15) is 13.2 Å². The fourth-order valence-electron chi connectivity index (χ4n) is 2.28. The van der Waals surface area contributed by atoms with Crippen molar-refractivity contribution < 1.29 is 13.2 Å². The number of sulfonamides is 1. The van der Waals surface area contributed by atoms with Gasteiger partial charge in [0.25, 0.3) is 10.0 Å². The second-order valence-electron chi connectivity index (χ2n) is 5.40. The second kappa shape index (κ2) is 8.08. The monoisotopic (exact) mass is 392 g/mol. The first-order valence-corrected chi connectivity index (χ1v) is 9.40. The van der Waals surface area contributed by atoms with Gasteiger partial charge < -0.3 is 11.1 Å². The number of rotatable bonds is 6. The molecule has 0 bridgehead atoms. The number of anilines is 3. The van der Waals surface area contributed by atoms with Crippen LogP contribution in [0.2, 0.25) is 5.02 Å². The predicted octanol–water partition coefficient (Wildman–Crippen LogP) is 2.99. The van der Waals surface area contributed by atoms with Gasteiger partial charge in [-0.25, -0.2) is 8.42 Å². The van der Waals surface area contributed by atoms with E-state index in [0.29, 0.717) is 11.4 Å². The summed E-state index contributed by atoms with van der Waals surface area (Å²) in [5.41, 5.74) is 6.67. The van der Waals surface area contributed by atoms with E-state index in [1.165, 1.54) is 31.2 Å². The molecule has 2 rings (SSSR count). The Morgan fingerprint density at radius 1 is 1.31 bits per heavy atom. The maximum atomic E-state index is 13.1. The highest BCUT2D eigenvalue weighted by Gasteiger charge is 2.25. The number of nitrogen functional groups attached to an aromatic ring is 1. The number of nitrogens with two attached hydrogens (primary N) is 1. The maximum absolute atomic E-state index is 13.1. The molecule has 9 heteroatoms. The van der Waals surface area contributed by atoms with Gasteiger partial charge in [-0.3, -0.25) is 9.10 Å². The molecular weight excluding hydrogens is 376 g/mol. The SMILES string of the molecule is CC(=O)Nc1cccc(N(CCC#N)S(=O)(=O)c2ccc(N)c(Cl)c2)c1. The van der Waals surface area contributed by atoms with Crippen LogP contribution >= 0.6 is 11.6 Å². The highest BCUT2D eigenvalue weighted by atomic mass is 35.5. The van der Waals surface area contributed by atoms with E-state index >= 15 is 0 Å². The van der Waals surface area contributed by atoms with Crippen molar-refractivity contribution in [3.8, 4) is 6.07 Å². The number of carbonyl (C=O) groups excluding carboxylic acids is 1. The smallest absolute Gasteiger partial charge is 0.264 e. The Hall–Kier alpha value is -2.76. The number of carbonyl (C=O) groups is 1. The van der Waals surface area contributed by atoms with Crippen LogP contribution in [0.4, 0.5) is 17.1 Å². The first kappa shape index (κ1) is 19.6. The van der Waals surface area contributed by atoms with Crippen LogP contribution in [0.25, 0.3) is 0 Å². The van der Waals surface area contributed by atoms with Crippen molar-refractivity contribution in [2.45, 2.75) is 18.2 Å². The van der Waals surface area contributed by atoms with Gasteiger partial charge in [0.1, 0.15) is 0 Å². The van der Waals surface area contributed by atoms with Crippen LogP contribution in [0, 0.1) is 11.3 Å². The summed E-state index contributed by atoms with van der Waals surface area (Å²) in [6, 6.07) is 12.3. The zero-order valence-corrected chi connectivity index (χ0v) is 15.5. The summed E-state index contributed by atoms with van der Waals surface area (Å²) in [4.78, 5) is 11.2. The van der Waals surface area contributed by atoms with Crippen LogP contribution in [0.15, 0.2) is 47.4 Å². The van der Waals surface area contributed by atoms with Crippen molar-refractivity contribution in [1.82, 2.24) is 0 Å². The van der Waals surface area contributed by atoms with Crippen LogP contribution < -0.4 is 15.4 Å². The van der Waals surface area contributed by atoms with Gasteiger partial charge in [-0.15, -0.1) is 0 Å². The molecule has 0 aliphatic rings. The first-order valence-electron chi connectivity index (χ1n) is 7.58. The van der Waals surface area contributed by atoms with Gasteiger partial charge in [0.15, 0.2) is 0 Å². The molecule has 0 atom stereocenters. The van der Waals surface area contributed by atoms with Crippen molar-refractivity contribution >= 4 is 44.6 Å². The summed E-state index contributed by atoms with van der Waals surface area (Å²) in [5, 5.41) is 11.6. The summed E-state index contributed by atoms with van der Waals surface area (Å²) in [6.07, 6.45) is -0.00764. The van der Waals surface area contributed by atoms with Crippen molar-refractivity contribution in [2.24, 2.45) is 0 Å². The molecule has 3 N–H and O–H groups in total. The summed E-state index contributed by atoms with van der Waals surface area (Å²) in [5.74, 6) is -0.279. The number of benzene rings is 2. The van der Waals surface area contributed by atoms with Crippen LogP contribution in [-0.2, 0) is 14.8 Å². The average Bonchev–Trinajstić information content (AvgIpc) is 2.57. The lowest BCUT2D eigenvalue weighted by Gasteiger charge is -2.24. The minimum Gasteiger partial charge on any atom is -0.398 e. The normalized spacial score (nSPS) is 10.8. The van der Waals surface area contributed by atoms with E-state index in [4.69, 9.17) is 22.6 Å². The molecule has 0 saturated heterocycles. The molecule has 2 aromatic rings. The third-order valence-corrected chi connectivity index (χ3v) is 5.59. The molecule has 0 aromatic heterocycles. The van der Waals surface area contributed by atoms with Crippen molar-refractivity contribution in [3.63, 3.8) is 0 Å². The number of hydrogen-bond donors (Lipinski definition) is 2. The molecule has 136 valence electrons. The molecule has 7 nitrogen and oxygen atoms in total. The third-order valence-electron chi connectivity index (χ3n) is 3.44. The number of nitrogens with zero attached hydrogens (tertiary/aromatic N) is 2. The fourth-order valence-corrected chi connectivity index (χ4v) is 4.01. The molecule has 2 aromatic carbocycles. The summed E-state index contributed by atoms with van der Waals surface area (Å²) < 4.78 is 27.2. The largest absolute Gasteiger partial charge is 0.398 e.